The monoisotopic (exact) mass is 282 g/mol. The molecule has 1 aromatic rings. The van der Waals surface area contributed by atoms with Gasteiger partial charge in [0.2, 0.25) is 0 Å². The fourth-order valence-corrected chi connectivity index (χ4v) is 1.85. The molecule has 3 N–H and O–H groups in total. The average Bonchev–Trinajstić information content (AvgIpc) is 2.39. The van der Waals surface area contributed by atoms with Gasteiger partial charge < -0.3 is 10.2 Å². The van der Waals surface area contributed by atoms with Gasteiger partial charge in [0, 0.05) is 6.54 Å². The number of carboxylic acid groups (broad SMARTS) is 1. The molecular formula is C13H18N2O5. The van der Waals surface area contributed by atoms with Crippen molar-refractivity contribution in [1.29, 1.82) is 0 Å². The first-order chi connectivity index (χ1) is 9.47. The molecule has 0 aliphatic rings. The van der Waals surface area contributed by atoms with Crippen LogP contribution in [0.3, 0.4) is 0 Å². The first-order valence-corrected chi connectivity index (χ1v) is 6.01. The lowest BCUT2D eigenvalue weighted by atomic mass is 10.1. The van der Waals surface area contributed by atoms with Crippen molar-refractivity contribution in [1.82, 2.24) is 10.4 Å². The fraction of sp³-hybridized carbons (Fsp3) is 0.385. The van der Waals surface area contributed by atoms with Gasteiger partial charge in [-0.2, -0.15) is 0 Å². The number of hydrogen-bond donors (Lipinski definition) is 3. The molecule has 0 radical (unpaired) electrons. The third-order valence-corrected chi connectivity index (χ3v) is 2.71. The quantitative estimate of drug-likeness (QED) is 0.663. The van der Waals surface area contributed by atoms with Crippen molar-refractivity contribution in [2.75, 3.05) is 7.11 Å². The maximum Gasteiger partial charge on any atom is 0.408 e. The Labute approximate surface area is 116 Å². The van der Waals surface area contributed by atoms with Crippen LogP contribution in [0.4, 0.5) is 4.79 Å². The van der Waals surface area contributed by atoms with Gasteiger partial charge >= 0.3 is 6.09 Å². The highest BCUT2D eigenvalue weighted by molar-refractivity contribution is 5.85. The van der Waals surface area contributed by atoms with E-state index in [9.17, 15) is 19.8 Å². The summed E-state index contributed by atoms with van der Waals surface area (Å²) in [5, 5.41) is 19.0. The highest BCUT2D eigenvalue weighted by Gasteiger charge is 2.33. The SMILES string of the molecule is CONC(=O)[C@H]([C@H](C)O)N(Cc1ccccc1)C(=O)O. The summed E-state index contributed by atoms with van der Waals surface area (Å²) in [6.45, 7) is 1.34. The zero-order valence-electron chi connectivity index (χ0n) is 11.3. The van der Waals surface area contributed by atoms with Crippen molar-refractivity contribution >= 4 is 12.0 Å². The third kappa shape index (κ3) is 4.22. The Bertz CT molecular complexity index is 449. The van der Waals surface area contributed by atoms with E-state index in [-0.39, 0.29) is 6.54 Å². The largest absolute Gasteiger partial charge is 0.465 e. The molecule has 20 heavy (non-hydrogen) atoms. The minimum Gasteiger partial charge on any atom is -0.465 e. The number of carbonyl (C=O) groups excluding carboxylic acids is 1. The van der Waals surface area contributed by atoms with Crippen molar-refractivity contribution in [2.45, 2.75) is 25.6 Å². The van der Waals surface area contributed by atoms with Crippen LogP contribution in [0.15, 0.2) is 30.3 Å². The van der Waals surface area contributed by atoms with E-state index in [1.165, 1.54) is 14.0 Å². The first-order valence-electron chi connectivity index (χ1n) is 6.01. The Morgan fingerprint density at radius 1 is 1.35 bits per heavy atom. The summed E-state index contributed by atoms with van der Waals surface area (Å²) in [6, 6.07) is 7.56. The molecule has 2 atom stereocenters. The van der Waals surface area contributed by atoms with E-state index in [2.05, 4.69) is 4.84 Å². The number of hydrogen-bond acceptors (Lipinski definition) is 4. The predicted octanol–water partition coefficient (Wildman–Crippen LogP) is 0.594. The van der Waals surface area contributed by atoms with Crippen LogP contribution in [0.1, 0.15) is 12.5 Å². The highest BCUT2D eigenvalue weighted by Crippen LogP contribution is 2.12. The summed E-state index contributed by atoms with van der Waals surface area (Å²) < 4.78 is 0. The summed E-state index contributed by atoms with van der Waals surface area (Å²) in [5.74, 6) is -0.721. The van der Waals surface area contributed by atoms with E-state index >= 15 is 0 Å². The summed E-state index contributed by atoms with van der Waals surface area (Å²) in [4.78, 5) is 28.5. The summed E-state index contributed by atoms with van der Waals surface area (Å²) in [5.41, 5.74) is 2.76. The van der Waals surface area contributed by atoms with E-state index in [0.717, 1.165) is 4.90 Å². The normalized spacial score (nSPS) is 13.3. The molecule has 7 nitrogen and oxygen atoms in total. The standard InChI is InChI=1S/C13H18N2O5/c1-9(16)11(12(17)14-20-2)15(13(18)19)8-10-6-4-3-5-7-10/h3-7,9,11,16H,8H2,1-2H3,(H,14,17)(H,18,19)/t9-,11-/m0/s1. The summed E-state index contributed by atoms with van der Waals surface area (Å²) >= 11 is 0. The molecule has 0 saturated heterocycles. The number of nitrogens with one attached hydrogen (secondary N) is 1. The lowest BCUT2D eigenvalue weighted by molar-refractivity contribution is -0.140. The van der Waals surface area contributed by atoms with Gasteiger partial charge in [0.15, 0.2) is 0 Å². The molecule has 0 bridgehead atoms. The van der Waals surface area contributed by atoms with Gasteiger partial charge in [0.1, 0.15) is 6.04 Å². The Morgan fingerprint density at radius 2 is 1.95 bits per heavy atom. The zero-order chi connectivity index (χ0) is 15.1. The smallest absolute Gasteiger partial charge is 0.408 e. The summed E-state index contributed by atoms with van der Waals surface area (Å²) in [6.07, 6.45) is -2.48. The molecule has 0 heterocycles. The molecular weight excluding hydrogens is 264 g/mol. The maximum atomic E-state index is 11.8. The second-order valence-corrected chi connectivity index (χ2v) is 4.25. The molecule has 0 spiro atoms. The van der Waals surface area contributed by atoms with Crippen molar-refractivity contribution in [3.63, 3.8) is 0 Å². The zero-order valence-corrected chi connectivity index (χ0v) is 11.3. The number of aliphatic hydroxyl groups excluding tert-OH is 1. The molecule has 0 unspecified atom stereocenters. The fourth-order valence-electron chi connectivity index (χ4n) is 1.85. The van der Waals surface area contributed by atoms with Crippen molar-refractivity contribution < 1.29 is 24.6 Å². The van der Waals surface area contributed by atoms with E-state index in [4.69, 9.17) is 0 Å². The van der Waals surface area contributed by atoms with Crippen LogP contribution in [-0.2, 0) is 16.2 Å². The number of aliphatic hydroxyl groups is 1. The Morgan fingerprint density at radius 3 is 2.40 bits per heavy atom. The topological polar surface area (TPSA) is 99.1 Å². The molecule has 1 aromatic carbocycles. The molecule has 0 aliphatic heterocycles. The van der Waals surface area contributed by atoms with E-state index in [0.29, 0.717) is 5.56 Å². The van der Waals surface area contributed by atoms with Crippen LogP contribution in [-0.4, -0.2) is 46.4 Å². The van der Waals surface area contributed by atoms with Crippen LogP contribution in [0.25, 0.3) is 0 Å². The van der Waals surface area contributed by atoms with E-state index < -0.39 is 24.1 Å². The molecule has 1 rings (SSSR count). The van der Waals surface area contributed by atoms with E-state index in [1.54, 1.807) is 30.3 Å². The molecule has 110 valence electrons. The van der Waals surface area contributed by atoms with Gasteiger partial charge in [-0.15, -0.1) is 0 Å². The van der Waals surface area contributed by atoms with Crippen LogP contribution in [0.5, 0.6) is 0 Å². The number of benzene rings is 1. The number of carbonyl (C=O) groups is 2. The van der Waals surface area contributed by atoms with Crippen LogP contribution in [0, 0.1) is 0 Å². The number of amides is 2. The molecule has 0 aromatic heterocycles. The van der Waals surface area contributed by atoms with Crippen LogP contribution < -0.4 is 5.48 Å². The molecule has 0 fully saturated rings. The van der Waals surface area contributed by atoms with E-state index in [1.807, 2.05) is 5.48 Å². The Kier molecular flexibility index (Phi) is 5.95. The lowest BCUT2D eigenvalue weighted by Gasteiger charge is -2.30. The van der Waals surface area contributed by atoms with Crippen molar-refractivity contribution in [3.8, 4) is 0 Å². The molecule has 2 amide bonds. The van der Waals surface area contributed by atoms with Gasteiger partial charge in [0.25, 0.3) is 5.91 Å². The Balaban J connectivity index is 2.97. The van der Waals surface area contributed by atoms with Gasteiger partial charge in [-0.05, 0) is 12.5 Å². The average molecular weight is 282 g/mol. The third-order valence-electron chi connectivity index (χ3n) is 2.71. The molecule has 0 saturated carbocycles. The van der Waals surface area contributed by atoms with Crippen molar-refractivity contribution in [3.05, 3.63) is 35.9 Å². The van der Waals surface area contributed by atoms with Gasteiger partial charge in [-0.1, -0.05) is 30.3 Å². The molecule has 0 aliphatic carbocycles. The second-order valence-electron chi connectivity index (χ2n) is 4.25. The number of hydroxylamine groups is 1. The maximum absolute atomic E-state index is 11.8. The lowest BCUT2D eigenvalue weighted by Crippen LogP contribution is -2.53. The molecule has 7 heteroatoms. The second kappa shape index (κ2) is 7.46. The summed E-state index contributed by atoms with van der Waals surface area (Å²) in [7, 11) is 1.24. The number of nitrogens with zero attached hydrogens (tertiary/aromatic N) is 1. The van der Waals surface area contributed by atoms with Crippen LogP contribution in [0.2, 0.25) is 0 Å². The predicted molar refractivity (Wildman–Crippen MR) is 70.6 cm³/mol. The van der Waals surface area contributed by atoms with Crippen LogP contribution >= 0.6 is 0 Å². The minimum absolute atomic E-state index is 0.0110. The van der Waals surface area contributed by atoms with Crippen molar-refractivity contribution in [2.24, 2.45) is 0 Å². The number of rotatable bonds is 6. The minimum atomic E-state index is -1.30. The highest BCUT2D eigenvalue weighted by atomic mass is 16.6. The van der Waals surface area contributed by atoms with Gasteiger partial charge in [-0.3, -0.25) is 14.5 Å². The van der Waals surface area contributed by atoms with Gasteiger partial charge in [-0.25, -0.2) is 10.3 Å². The van der Waals surface area contributed by atoms with Gasteiger partial charge in [0.05, 0.1) is 13.2 Å². The Hall–Kier alpha value is -2.12. The first kappa shape index (κ1) is 15.9.